The van der Waals surface area contributed by atoms with Crippen molar-refractivity contribution in [2.45, 2.75) is 18.9 Å². The molecule has 7 nitrogen and oxygen atoms in total. The van der Waals surface area contributed by atoms with Gasteiger partial charge in [0, 0.05) is 18.8 Å². The van der Waals surface area contributed by atoms with Crippen LogP contribution in [-0.2, 0) is 9.59 Å². The minimum absolute atomic E-state index is 0.237. The third kappa shape index (κ3) is 2.08. The smallest absolute Gasteiger partial charge is 0.326 e. The van der Waals surface area contributed by atoms with E-state index in [0.717, 1.165) is 0 Å². The van der Waals surface area contributed by atoms with Crippen LogP contribution in [0.5, 0.6) is 0 Å². The normalized spacial score (nSPS) is 20.4. The van der Waals surface area contributed by atoms with E-state index in [4.69, 9.17) is 0 Å². The van der Waals surface area contributed by atoms with E-state index < -0.39 is 18.0 Å². The summed E-state index contributed by atoms with van der Waals surface area (Å²) in [5, 5.41) is 4.67. The predicted molar refractivity (Wildman–Crippen MR) is 52.3 cm³/mol. The van der Waals surface area contributed by atoms with Gasteiger partial charge in [-0.1, -0.05) is 0 Å². The average Bonchev–Trinajstić information content (AvgIpc) is 2.75. The van der Waals surface area contributed by atoms with E-state index in [0.29, 0.717) is 6.42 Å². The van der Waals surface area contributed by atoms with Crippen molar-refractivity contribution < 1.29 is 14.4 Å². The van der Waals surface area contributed by atoms with Crippen LogP contribution in [-0.4, -0.2) is 33.4 Å². The summed E-state index contributed by atoms with van der Waals surface area (Å²) in [4.78, 5) is 37.5. The van der Waals surface area contributed by atoms with Gasteiger partial charge in [-0.15, -0.1) is 0 Å². The van der Waals surface area contributed by atoms with E-state index in [1.165, 1.54) is 23.3 Å². The van der Waals surface area contributed by atoms with Gasteiger partial charge in [-0.3, -0.25) is 19.5 Å². The molecule has 3 amide bonds. The average molecular weight is 222 g/mol. The highest BCUT2D eigenvalue weighted by atomic mass is 16.2. The molecule has 1 aromatic heterocycles. The molecule has 1 atom stereocenters. The van der Waals surface area contributed by atoms with Gasteiger partial charge in [-0.05, 0) is 6.42 Å². The number of imidazole rings is 1. The van der Waals surface area contributed by atoms with E-state index in [2.05, 4.69) is 15.6 Å². The van der Waals surface area contributed by atoms with Gasteiger partial charge in [0.25, 0.3) is 0 Å². The lowest BCUT2D eigenvalue weighted by atomic mass is 10.1. The highest BCUT2D eigenvalue weighted by Gasteiger charge is 2.27. The summed E-state index contributed by atoms with van der Waals surface area (Å²) in [6.45, 7) is 0. The molecule has 2 heterocycles. The number of nitrogens with one attached hydrogen (secondary N) is 2. The number of aromatic nitrogens is 2. The molecular weight excluding hydrogens is 212 g/mol. The van der Waals surface area contributed by atoms with Crippen LogP contribution in [0.4, 0.5) is 4.79 Å². The maximum absolute atomic E-state index is 11.5. The van der Waals surface area contributed by atoms with Gasteiger partial charge in [0.05, 0.1) is 0 Å². The second-order valence-corrected chi connectivity index (χ2v) is 3.42. The highest BCUT2D eigenvalue weighted by Crippen LogP contribution is 2.04. The summed E-state index contributed by atoms with van der Waals surface area (Å²) in [5.74, 6) is -0.775. The number of hydrogen-bond acceptors (Lipinski definition) is 4. The van der Waals surface area contributed by atoms with Crippen molar-refractivity contribution in [1.82, 2.24) is 20.2 Å². The Labute approximate surface area is 90.8 Å². The molecule has 1 fully saturated rings. The van der Waals surface area contributed by atoms with Crippen LogP contribution in [0.1, 0.15) is 12.8 Å². The van der Waals surface area contributed by atoms with Crippen LogP contribution in [0, 0.1) is 0 Å². The largest absolute Gasteiger partial charge is 0.327 e. The Morgan fingerprint density at radius 3 is 3.00 bits per heavy atom. The lowest BCUT2D eigenvalue weighted by Crippen LogP contribution is -2.52. The molecule has 0 bridgehead atoms. The van der Waals surface area contributed by atoms with Crippen molar-refractivity contribution in [3.8, 4) is 0 Å². The Morgan fingerprint density at radius 1 is 1.56 bits per heavy atom. The first-order valence-electron chi connectivity index (χ1n) is 4.79. The Morgan fingerprint density at radius 2 is 2.38 bits per heavy atom. The first kappa shape index (κ1) is 10.3. The maximum atomic E-state index is 11.5. The number of imide groups is 1. The number of nitrogens with zero attached hydrogens (tertiary/aromatic N) is 2. The quantitative estimate of drug-likeness (QED) is 0.611. The molecule has 84 valence electrons. The summed E-state index contributed by atoms with van der Waals surface area (Å²) in [7, 11) is 0. The lowest BCUT2D eigenvalue weighted by Gasteiger charge is -2.21. The standard InChI is InChI=1S/C9H10N4O3/c14-7-2-1-6(8(15)12-7)11-9(16)13-4-3-10-5-13/h3-6H,1-2H2,(H,11,16)(H,12,14,15). The van der Waals surface area contributed by atoms with E-state index in [1.54, 1.807) is 0 Å². The van der Waals surface area contributed by atoms with Crippen molar-refractivity contribution in [1.29, 1.82) is 0 Å². The molecule has 7 heteroatoms. The summed E-state index contributed by atoms with van der Waals surface area (Å²) in [5.41, 5.74) is 0. The van der Waals surface area contributed by atoms with Gasteiger partial charge >= 0.3 is 6.03 Å². The minimum atomic E-state index is -0.660. The number of rotatable bonds is 1. The molecule has 2 N–H and O–H groups in total. The van der Waals surface area contributed by atoms with Crippen molar-refractivity contribution in [2.75, 3.05) is 0 Å². The van der Waals surface area contributed by atoms with Gasteiger partial charge in [0.2, 0.25) is 11.8 Å². The van der Waals surface area contributed by atoms with Gasteiger partial charge in [-0.25, -0.2) is 9.78 Å². The highest BCUT2D eigenvalue weighted by molar-refractivity contribution is 6.01. The molecule has 0 radical (unpaired) electrons. The van der Waals surface area contributed by atoms with Gasteiger partial charge < -0.3 is 5.32 Å². The fourth-order valence-corrected chi connectivity index (χ4v) is 1.43. The van der Waals surface area contributed by atoms with Crippen molar-refractivity contribution >= 4 is 17.8 Å². The number of hydrogen-bond donors (Lipinski definition) is 2. The third-order valence-electron chi connectivity index (χ3n) is 2.28. The molecule has 1 aliphatic heterocycles. The van der Waals surface area contributed by atoms with E-state index in [1.807, 2.05) is 0 Å². The van der Waals surface area contributed by atoms with Crippen molar-refractivity contribution in [3.63, 3.8) is 0 Å². The maximum Gasteiger partial charge on any atom is 0.327 e. The second kappa shape index (κ2) is 4.13. The van der Waals surface area contributed by atoms with E-state index in [-0.39, 0.29) is 12.3 Å². The molecule has 0 aliphatic carbocycles. The molecule has 1 saturated heterocycles. The summed E-state index contributed by atoms with van der Waals surface area (Å²) >= 11 is 0. The minimum Gasteiger partial charge on any atom is -0.326 e. The Bertz CT molecular complexity index is 426. The monoisotopic (exact) mass is 222 g/mol. The SMILES string of the molecule is O=C1CCC(NC(=O)n2ccnc2)C(=O)N1. The summed E-state index contributed by atoms with van der Waals surface area (Å²) in [6, 6.07) is -1.10. The second-order valence-electron chi connectivity index (χ2n) is 3.42. The summed E-state index contributed by atoms with van der Waals surface area (Å²) < 4.78 is 1.23. The zero-order chi connectivity index (χ0) is 11.5. The number of piperidine rings is 1. The van der Waals surface area contributed by atoms with Crippen LogP contribution < -0.4 is 10.6 Å². The molecule has 1 aliphatic rings. The van der Waals surface area contributed by atoms with Gasteiger partial charge in [0.15, 0.2) is 0 Å². The Balaban J connectivity index is 1.97. The first-order chi connectivity index (χ1) is 7.66. The predicted octanol–water partition coefficient (Wildman–Crippen LogP) is -0.754. The zero-order valence-electron chi connectivity index (χ0n) is 8.34. The number of carbonyl (C=O) groups is 3. The van der Waals surface area contributed by atoms with Crippen molar-refractivity contribution in [2.24, 2.45) is 0 Å². The van der Waals surface area contributed by atoms with Crippen LogP contribution in [0.2, 0.25) is 0 Å². The molecule has 0 saturated carbocycles. The van der Waals surface area contributed by atoms with E-state index in [9.17, 15) is 14.4 Å². The van der Waals surface area contributed by atoms with Crippen LogP contribution >= 0.6 is 0 Å². The molecular formula is C9H10N4O3. The van der Waals surface area contributed by atoms with Crippen LogP contribution in [0.25, 0.3) is 0 Å². The van der Waals surface area contributed by atoms with Gasteiger partial charge in [0.1, 0.15) is 12.4 Å². The topological polar surface area (TPSA) is 93.1 Å². The molecule has 1 unspecified atom stereocenters. The Kier molecular flexibility index (Phi) is 2.67. The number of carbonyl (C=O) groups excluding carboxylic acids is 3. The van der Waals surface area contributed by atoms with Crippen LogP contribution in [0.3, 0.4) is 0 Å². The molecule has 0 spiro atoms. The molecule has 0 aromatic carbocycles. The zero-order valence-corrected chi connectivity index (χ0v) is 8.34. The van der Waals surface area contributed by atoms with Gasteiger partial charge in [-0.2, -0.15) is 0 Å². The summed E-state index contributed by atoms with van der Waals surface area (Å²) in [6.07, 6.45) is 4.83. The van der Waals surface area contributed by atoms with E-state index >= 15 is 0 Å². The van der Waals surface area contributed by atoms with Crippen molar-refractivity contribution in [3.05, 3.63) is 18.7 Å². The number of amides is 3. The fourth-order valence-electron chi connectivity index (χ4n) is 1.43. The molecule has 2 rings (SSSR count). The molecule has 1 aromatic rings. The molecule has 16 heavy (non-hydrogen) atoms. The third-order valence-corrected chi connectivity index (χ3v) is 2.28. The van der Waals surface area contributed by atoms with Crippen LogP contribution in [0.15, 0.2) is 18.7 Å². The fraction of sp³-hybridized carbons (Fsp3) is 0.333. The first-order valence-corrected chi connectivity index (χ1v) is 4.79. The Hall–Kier alpha value is -2.18. The lowest BCUT2D eigenvalue weighted by molar-refractivity contribution is -0.134.